The zero-order valence-corrected chi connectivity index (χ0v) is 11.4. The molecule has 110 valence electrons. The van der Waals surface area contributed by atoms with E-state index in [9.17, 15) is 18.0 Å². The Morgan fingerprint density at radius 2 is 1.75 bits per heavy atom. The van der Waals surface area contributed by atoms with Gasteiger partial charge in [0.2, 0.25) is 0 Å². The van der Waals surface area contributed by atoms with Crippen molar-refractivity contribution >= 4 is 17.5 Å². The number of amides is 1. The predicted octanol–water partition coefficient (Wildman–Crippen LogP) is 2.66. The van der Waals surface area contributed by atoms with E-state index >= 15 is 0 Å². The summed E-state index contributed by atoms with van der Waals surface area (Å²) in [6.07, 6.45) is -4.20. The van der Waals surface area contributed by atoms with Gasteiger partial charge in [-0.3, -0.25) is 9.69 Å². The number of carbonyl (C=O) groups is 1. The summed E-state index contributed by atoms with van der Waals surface area (Å²) < 4.78 is 36.8. The van der Waals surface area contributed by atoms with Gasteiger partial charge < -0.3 is 4.90 Å². The molecule has 1 saturated heterocycles. The SMILES string of the molecule is O=C(c1ccccc1Cl)N1CCN(CC(F)(F)F)CC1. The molecule has 0 aliphatic carbocycles. The predicted molar refractivity (Wildman–Crippen MR) is 69.9 cm³/mol. The van der Waals surface area contributed by atoms with Crippen LogP contribution >= 0.6 is 11.6 Å². The van der Waals surface area contributed by atoms with E-state index in [0.29, 0.717) is 10.6 Å². The first-order valence-corrected chi connectivity index (χ1v) is 6.57. The Balaban J connectivity index is 1.94. The number of hydrogen-bond acceptors (Lipinski definition) is 2. The van der Waals surface area contributed by atoms with E-state index in [2.05, 4.69) is 0 Å². The smallest absolute Gasteiger partial charge is 0.336 e. The largest absolute Gasteiger partial charge is 0.401 e. The number of hydrogen-bond donors (Lipinski definition) is 0. The third-order valence-electron chi connectivity index (χ3n) is 3.17. The fourth-order valence-corrected chi connectivity index (χ4v) is 2.38. The fourth-order valence-electron chi connectivity index (χ4n) is 2.17. The van der Waals surface area contributed by atoms with E-state index < -0.39 is 12.7 Å². The molecule has 7 heteroatoms. The van der Waals surface area contributed by atoms with Gasteiger partial charge in [-0.05, 0) is 12.1 Å². The molecule has 0 atom stereocenters. The van der Waals surface area contributed by atoms with Crippen LogP contribution in [0, 0.1) is 0 Å². The fraction of sp³-hybridized carbons (Fsp3) is 0.462. The Hall–Kier alpha value is -1.27. The number of nitrogens with zero attached hydrogens (tertiary/aromatic N) is 2. The number of halogens is 4. The average molecular weight is 307 g/mol. The van der Waals surface area contributed by atoms with Gasteiger partial charge in [-0.1, -0.05) is 23.7 Å². The van der Waals surface area contributed by atoms with Crippen LogP contribution in [0.4, 0.5) is 13.2 Å². The van der Waals surface area contributed by atoms with Crippen LogP contribution in [-0.4, -0.2) is 54.6 Å². The number of benzene rings is 1. The molecule has 1 fully saturated rings. The van der Waals surface area contributed by atoms with Gasteiger partial charge in [0.15, 0.2) is 0 Å². The molecule has 1 aromatic carbocycles. The maximum atomic E-state index is 12.3. The first-order valence-electron chi connectivity index (χ1n) is 6.20. The molecule has 0 unspecified atom stereocenters. The molecule has 0 radical (unpaired) electrons. The van der Waals surface area contributed by atoms with Gasteiger partial charge in [-0.25, -0.2) is 0 Å². The highest BCUT2D eigenvalue weighted by atomic mass is 35.5. The highest BCUT2D eigenvalue weighted by Crippen LogP contribution is 2.20. The third-order valence-corrected chi connectivity index (χ3v) is 3.50. The van der Waals surface area contributed by atoms with Crippen molar-refractivity contribution in [1.82, 2.24) is 9.80 Å². The van der Waals surface area contributed by atoms with Gasteiger partial charge >= 0.3 is 6.18 Å². The van der Waals surface area contributed by atoms with Gasteiger partial charge in [0.25, 0.3) is 5.91 Å². The lowest BCUT2D eigenvalue weighted by Gasteiger charge is -2.35. The molecular weight excluding hydrogens is 293 g/mol. The lowest BCUT2D eigenvalue weighted by atomic mass is 10.2. The zero-order valence-electron chi connectivity index (χ0n) is 10.7. The van der Waals surface area contributed by atoms with Gasteiger partial charge in [0.1, 0.15) is 0 Å². The van der Waals surface area contributed by atoms with Crippen LogP contribution in [0.2, 0.25) is 5.02 Å². The van der Waals surface area contributed by atoms with Crippen molar-refractivity contribution in [2.75, 3.05) is 32.7 Å². The minimum absolute atomic E-state index is 0.218. The van der Waals surface area contributed by atoms with Crippen molar-refractivity contribution < 1.29 is 18.0 Å². The normalized spacial score (nSPS) is 17.3. The molecule has 0 bridgehead atoms. The van der Waals surface area contributed by atoms with Gasteiger partial charge in [0.05, 0.1) is 17.1 Å². The molecule has 3 nitrogen and oxygen atoms in total. The molecule has 1 heterocycles. The second-order valence-electron chi connectivity index (χ2n) is 4.66. The standard InChI is InChI=1S/C13H14ClF3N2O/c14-11-4-2-1-3-10(11)12(20)19-7-5-18(6-8-19)9-13(15,16)17/h1-4H,5-9H2. The summed E-state index contributed by atoms with van der Waals surface area (Å²) in [5.41, 5.74) is 0.387. The molecule has 0 aromatic heterocycles. The Bertz CT molecular complexity index is 485. The van der Waals surface area contributed by atoms with Gasteiger partial charge in [-0.2, -0.15) is 13.2 Å². The van der Waals surface area contributed by atoms with Crippen molar-refractivity contribution in [2.24, 2.45) is 0 Å². The average Bonchev–Trinajstić information content (AvgIpc) is 2.37. The van der Waals surface area contributed by atoms with Crippen LogP contribution in [0.25, 0.3) is 0 Å². The Morgan fingerprint density at radius 1 is 1.15 bits per heavy atom. The third kappa shape index (κ3) is 3.86. The van der Waals surface area contributed by atoms with Gasteiger partial charge in [0, 0.05) is 26.2 Å². The number of rotatable bonds is 2. The molecule has 0 spiro atoms. The molecule has 2 rings (SSSR count). The monoisotopic (exact) mass is 306 g/mol. The van der Waals surface area contributed by atoms with Crippen molar-refractivity contribution in [3.63, 3.8) is 0 Å². The molecule has 1 aliphatic heterocycles. The minimum atomic E-state index is -4.20. The quantitative estimate of drug-likeness (QED) is 0.838. The van der Waals surface area contributed by atoms with Crippen LogP contribution in [0.3, 0.4) is 0 Å². The summed E-state index contributed by atoms with van der Waals surface area (Å²) >= 11 is 5.95. The zero-order chi connectivity index (χ0) is 14.8. The first-order chi connectivity index (χ1) is 9.37. The summed E-state index contributed by atoms with van der Waals surface area (Å²) in [4.78, 5) is 15.1. The summed E-state index contributed by atoms with van der Waals surface area (Å²) in [6.45, 7) is 0.0623. The molecule has 0 N–H and O–H groups in total. The van der Waals surface area contributed by atoms with Crippen molar-refractivity contribution in [1.29, 1.82) is 0 Å². The van der Waals surface area contributed by atoms with Crippen LogP contribution < -0.4 is 0 Å². The van der Waals surface area contributed by atoms with E-state index in [0.717, 1.165) is 0 Å². The maximum Gasteiger partial charge on any atom is 0.401 e. The summed E-state index contributed by atoms with van der Waals surface area (Å²) in [5, 5.41) is 0.357. The minimum Gasteiger partial charge on any atom is -0.336 e. The summed E-state index contributed by atoms with van der Waals surface area (Å²) in [6, 6.07) is 6.67. The highest BCUT2D eigenvalue weighted by Gasteiger charge is 2.33. The van der Waals surface area contributed by atoms with E-state index in [1.165, 1.54) is 9.80 Å². The molecule has 0 saturated carbocycles. The van der Waals surface area contributed by atoms with E-state index in [4.69, 9.17) is 11.6 Å². The Morgan fingerprint density at radius 3 is 2.30 bits per heavy atom. The number of piperazine rings is 1. The molecular formula is C13H14ClF3N2O. The van der Waals surface area contributed by atoms with Crippen molar-refractivity contribution in [3.8, 4) is 0 Å². The summed E-state index contributed by atoms with van der Waals surface area (Å²) in [5.74, 6) is -0.234. The van der Waals surface area contributed by atoms with Crippen molar-refractivity contribution in [2.45, 2.75) is 6.18 Å². The lowest BCUT2D eigenvalue weighted by Crippen LogP contribution is -2.50. The lowest BCUT2D eigenvalue weighted by molar-refractivity contribution is -0.148. The van der Waals surface area contributed by atoms with E-state index in [1.807, 2.05) is 0 Å². The Kier molecular flexibility index (Phi) is 4.55. The Labute approximate surface area is 119 Å². The van der Waals surface area contributed by atoms with E-state index in [-0.39, 0.29) is 32.1 Å². The molecule has 1 amide bonds. The van der Waals surface area contributed by atoms with Crippen LogP contribution in [0.15, 0.2) is 24.3 Å². The molecule has 20 heavy (non-hydrogen) atoms. The number of carbonyl (C=O) groups excluding carboxylic acids is 1. The van der Waals surface area contributed by atoms with Crippen LogP contribution in [-0.2, 0) is 0 Å². The van der Waals surface area contributed by atoms with Crippen LogP contribution in [0.1, 0.15) is 10.4 Å². The van der Waals surface area contributed by atoms with E-state index in [1.54, 1.807) is 24.3 Å². The van der Waals surface area contributed by atoms with Gasteiger partial charge in [-0.15, -0.1) is 0 Å². The topological polar surface area (TPSA) is 23.6 Å². The van der Waals surface area contributed by atoms with Crippen LogP contribution in [0.5, 0.6) is 0 Å². The summed E-state index contributed by atoms with van der Waals surface area (Å²) in [7, 11) is 0. The molecule has 1 aliphatic rings. The maximum absolute atomic E-state index is 12.3. The second-order valence-corrected chi connectivity index (χ2v) is 5.07. The first kappa shape index (κ1) is 15.1. The number of alkyl halides is 3. The second kappa shape index (κ2) is 6.01. The molecule has 1 aromatic rings. The van der Waals surface area contributed by atoms with Crippen molar-refractivity contribution in [3.05, 3.63) is 34.9 Å². The highest BCUT2D eigenvalue weighted by molar-refractivity contribution is 6.33.